The van der Waals surface area contributed by atoms with E-state index in [-0.39, 0.29) is 5.91 Å². The standard InChI is InChI=1S/C15H24BrN3O2/c1-4-19(11-15(20)17-2)14-9-13(16)6-5-12(14)10-18-7-8-21-3/h5-6,9,18H,4,7-8,10-11H2,1-3H3,(H,17,20). The van der Waals surface area contributed by atoms with E-state index in [4.69, 9.17) is 4.74 Å². The molecule has 0 saturated heterocycles. The van der Waals surface area contributed by atoms with Gasteiger partial charge in [-0.1, -0.05) is 22.0 Å². The Morgan fingerprint density at radius 1 is 1.43 bits per heavy atom. The Labute approximate surface area is 135 Å². The van der Waals surface area contributed by atoms with Crippen molar-refractivity contribution in [3.63, 3.8) is 0 Å². The van der Waals surface area contributed by atoms with Crippen molar-refractivity contribution in [3.05, 3.63) is 28.2 Å². The summed E-state index contributed by atoms with van der Waals surface area (Å²) < 4.78 is 6.04. The van der Waals surface area contributed by atoms with Gasteiger partial charge in [0.2, 0.25) is 5.91 Å². The molecule has 0 fully saturated rings. The maximum Gasteiger partial charge on any atom is 0.239 e. The Morgan fingerprint density at radius 2 is 2.19 bits per heavy atom. The lowest BCUT2D eigenvalue weighted by Crippen LogP contribution is -2.36. The number of carbonyl (C=O) groups excluding carboxylic acids is 1. The lowest BCUT2D eigenvalue weighted by Gasteiger charge is -2.25. The van der Waals surface area contributed by atoms with Gasteiger partial charge in [0, 0.05) is 44.0 Å². The van der Waals surface area contributed by atoms with Gasteiger partial charge in [0.25, 0.3) is 0 Å². The van der Waals surface area contributed by atoms with E-state index in [1.54, 1.807) is 14.2 Å². The minimum atomic E-state index is 0.00937. The Kier molecular flexibility index (Phi) is 8.34. The molecule has 0 aliphatic heterocycles. The number of methoxy groups -OCH3 is 1. The fourth-order valence-corrected chi connectivity index (χ4v) is 2.35. The Hall–Kier alpha value is -1.11. The molecule has 0 bridgehead atoms. The highest BCUT2D eigenvalue weighted by Crippen LogP contribution is 2.25. The third-order valence-corrected chi connectivity index (χ3v) is 3.67. The van der Waals surface area contributed by atoms with Gasteiger partial charge in [-0.15, -0.1) is 0 Å². The molecule has 1 aromatic carbocycles. The fraction of sp³-hybridized carbons (Fsp3) is 0.533. The quantitative estimate of drug-likeness (QED) is 0.661. The molecule has 1 amide bonds. The van der Waals surface area contributed by atoms with E-state index in [2.05, 4.69) is 43.6 Å². The average Bonchev–Trinajstić information content (AvgIpc) is 2.50. The number of anilines is 1. The van der Waals surface area contributed by atoms with E-state index < -0.39 is 0 Å². The molecule has 6 heteroatoms. The molecule has 0 aliphatic carbocycles. The molecule has 0 spiro atoms. The first-order valence-electron chi connectivity index (χ1n) is 7.06. The lowest BCUT2D eigenvalue weighted by molar-refractivity contribution is -0.119. The molecule has 0 saturated carbocycles. The second-order valence-electron chi connectivity index (χ2n) is 4.63. The van der Waals surface area contributed by atoms with Crippen LogP contribution < -0.4 is 15.5 Å². The third kappa shape index (κ3) is 6.03. The molecular weight excluding hydrogens is 334 g/mol. The topological polar surface area (TPSA) is 53.6 Å². The number of hydrogen-bond donors (Lipinski definition) is 2. The van der Waals surface area contributed by atoms with Gasteiger partial charge in [-0.25, -0.2) is 0 Å². The van der Waals surface area contributed by atoms with E-state index in [1.807, 2.05) is 13.0 Å². The number of carbonyl (C=O) groups is 1. The highest BCUT2D eigenvalue weighted by atomic mass is 79.9. The number of benzene rings is 1. The van der Waals surface area contributed by atoms with Gasteiger partial charge in [-0.2, -0.15) is 0 Å². The highest BCUT2D eigenvalue weighted by molar-refractivity contribution is 9.10. The van der Waals surface area contributed by atoms with Crippen molar-refractivity contribution in [3.8, 4) is 0 Å². The number of rotatable bonds is 9. The van der Waals surface area contributed by atoms with Crippen molar-refractivity contribution in [1.82, 2.24) is 10.6 Å². The fourth-order valence-electron chi connectivity index (χ4n) is 2.00. The number of halogens is 1. The normalized spacial score (nSPS) is 10.5. The first-order chi connectivity index (χ1) is 10.1. The van der Waals surface area contributed by atoms with E-state index in [0.29, 0.717) is 13.2 Å². The van der Waals surface area contributed by atoms with Crippen molar-refractivity contribution in [2.75, 3.05) is 45.3 Å². The van der Waals surface area contributed by atoms with Crippen LogP contribution in [-0.2, 0) is 16.1 Å². The molecule has 0 aromatic heterocycles. The molecule has 0 heterocycles. The number of likely N-dealkylation sites (N-methyl/N-ethyl adjacent to an activating group) is 2. The Morgan fingerprint density at radius 3 is 2.81 bits per heavy atom. The van der Waals surface area contributed by atoms with Crippen molar-refractivity contribution >= 4 is 27.5 Å². The van der Waals surface area contributed by atoms with Crippen LogP contribution in [-0.4, -0.2) is 46.3 Å². The van der Waals surface area contributed by atoms with Crippen LogP contribution in [0, 0.1) is 0 Å². The van der Waals surface area contributed by atoms with E-state index >= 15 is 0 Å². The van der Waals surface area contributed by atoms with Crippen LogP contribution in [0.3, 0.4) is 0 Å². The Bertz CT molecular complexity index is 455. The summed E-state index contributed by atoms with van der Waals surface area (Å²) >= 11 is 3.50. The van der Waals surface area contributed by atoms with Crippen LogP contribution in [0.2, 0.25) is 0 Å². The summed E-state index contributed by atoms with van der Waals surface area (Å²) in [6, 6.07) is 6.15. The molecule has 0 unspecified atom stereocenters. The predicted octanol–water partition coefficient (Wildman–Crippen LogP) is 1.76. The number of hydrogen-bond acceptors (Lipinski definition) is 4. The molecule has 2 N–H and O–H groups in total. The van der Waals surface area contributed by atoms with E-state index in [1.165, 1.54) is 5.56 Å². The second kappa shape index (κ2) is 9.76. The lowest BCUT2D eigenvalue weighted by atomic mass is 10.1. The van der Waals surface area contributed by atoms with Crippen molar-refractivity contribution in [2.24, 2.45) is 0 Å². The molecule has 0 radical (unpaired) electrons. The maximum absolute atomic E-state index is 11.7. The largest absolute Gasteiger partial charge is 0.383 e. The van der Waals surface area contributed by atoms with Crippen molar-refractivity contribution in [1.29, 1.82) is 0 Å². The van der Waals surface area contributed by atoms with Gasteiger partial charge in [0.1, 0.15) is 0 Å². The summed E-state index contributed by atoms with van der Waals surface area (Å²) in [7, 11) is 3.35. The molecule has 5 nitrogen and oxygen atoms in total. The number of nitrogens with zero attached hydrogens (tertiary/aromatic N) is 1. The summed E-state index contributed by atoms with van der Waals surface area (Å²) in [6.07, 6.45) is 0. The molecule has 1 aromatic rings. The molecule has 0 atom stereocenters. The van der Waals surface area contributed by atoms with Gasteiger partial charge in [0.15, 0.2) is 0 Å². The zero-order valence-electron chi connectivity index (χ0n) is 12.9. The number of ether oxygens (including phenoxy) is 1. The van der Waals surface area contributed by atoms with Crippen molar-refractivity contribution in [2.45, 2.75) is 13.5 Å². The Balaban J connectivity index is 2.85. The molecule has 1 rings (SSSR count). The van der Waals surface area contributed by atoms with Crippen LogP contribution in [0.15, 0.2) is 22.7 Å². The zero-order chi connectivity index (χ0) is 15.7. The molecule has 0 aliphatic rings. The van der Waals surface area contributed by atoms with Gasteiger partial charge in [-0.05, 0) is 24.6 Å². The first kappa shape index (κ1) is 17.9. The number of nitrogens with one attached hydrogen (secondary N) is 2. The van der Waals surface area contributed by atoms with Crippen LogP contribution in [0.5, 0.6) is 0 Å². The van der Waals surface area contributed by atoms with E-state index in [9.17, 15) is 4.79 Å². The summed E-state index contributed by atoms with van der Waals surface area (Å²) in [6.45, 7) is 5.40. The van der Waals surface area contributed by atoms with Crippen LogP contribution in [0.4, 0.5) is 5.69 Å². The summed E-state index contributed by atoms with van der Waals surface area (Å²) in [5.41, 5.74) is 2.24. The van der Waals surface area contributed by atoms with Crippen molar-refractivity contribution < 1.29 is 9.53 Å². The van der Waals surface area contributed by atoms with Crippen LogP contribution >= 0.6 is 15.9 Å². The van der Waals surface area contributed by atoms with E-state index in [0.717, 1.165) is 29.8 Å². The monoisotopic (exact) mass is 357 g/mol. The summed E-state index contributed by atoms with van der Waals surface area (Å²) in [5, 5.41) is 6.01. The van der Waals surface area contributed by atoms with Gasteiger partial charge in [-0.3, -0.25) is 4.79 Å². The zero-order valence-corrected chi connectivity index (χ0v) is 14.5. The van der Waals surface area contributed by atoms with Gasteiger partial charge >= 0.3 is 0 Å². The molecule has 118 valence electrons. The van der Waals surface area contributed by atoms with Crippen LogP contribution in [0.25, 0.3) is 0 Å². The van der Waals surface area contributed by atoms with Gasteiger partial charge in [0.05, 0.1) is 13.2 Å². The molecular formula is C15H24BrN3O2. The minimum absolute atomic E-state index is 0.00937. The SMILES string of the molecule is CCN(CC(=O)NC)c1cc(Br)ccc1CNCCOC. The number of amides is 1. The average molecular weight is 358 g/mol. The third-order valence-electron chi connectivity index (χ3n) is 3.18. The highest BCUT2D eigenvalue weighted by Gasteiger charge is 2.13. The van der Waals surface area contributed by atoms with Crippen LogP contribution in [0.1, 0.15) is 12.5 Å². The summed E-state index contributed by atoms with van der Waals surface area (Å²) in [4.78, 5) is 13.7. The molecule has 21 heavy (non-hydrogen) atoms. The maximum atomic E-state index is 11.7. The minimum Gasteiger partial charge on any atom is -0.383 e. The predicted molar refractivity (Wildman–Crippen MR) is 89.7 cm³/mol. The second-order valence-corrected chi connectivity index (χ2v) is 5.55. The van der Waals surface area contributed by atoms with Gasteiger partial charge < -0.3 is 20.3 Å². The smallest absolute Gasteiger partial charge is 0.239 e. The first-order valence-corrected chi connectivity index (χ1v) is 7.85. The summed E-state index contributed by atoms with van der Waals surface area (Å²) in [5.74, 6) is 0.00937.